The van der Waals surface area contributed by atoms with E-state index in [-0.39, 0.29) is 18.0 Å². The van der Waals surface area contributed by atoms with Crippen molar-refractivity contribution in [2.24, 2.45) is 0 Å². The number of carbonyl (C=O) groups is 1. The number of anilines is 1. The van der Waals surface area contributed by atoms with E-state index in [4.69, 9.17) is 0 Å². The number of amides is 1. The van der Waals surface area contributed by atoms with Gasteiger partial charge in [-0.2, -0.15) is 13.2 Å². The Morgan fingerprint density at radius 2 is 1.95 bits per heavy atom. The van der Waals surface area contributed by atoms with Crippen LogP contribution in [0.5, 0.6) is 0 Å². The first-order valence-electron chi connectivity index (χ1n) is 5.89. The number of nitrogens with one attached hydrogen (secondary N) is 1. The molecule has 0 bridgehead atoms. The van der Waals surface area contributed by atoms with Crippen LogP contribution in [-0.2, 0) is 17.5 Å². The number of hydrogen-bond donors (Lipinski definition) is 1. The second-order valence-corrected chi connectivity index (χ2v) is 4.15. The summed E-state index contributed by atoms with van der Waals surface area (Å²) in [6, 6.07) is 5.71. The SMILES string of the molecule is O=C(CCn1cccc1)Nc1ccc(C(F)(F)F)nc1. The van der Waals surface area contributed by atoms with E-state index in [1.807, 2.05) is 29.1 Å². The van der Waals surface area contributed by atoms with E-state index in [1.54, 1.807) is 0 Å². The van der Waals surface area contributed by atoms with Crippen LogP contribution >= 0.6 is 0 Å². The Hall–Kier alpha value is -2.31. The van der Waals surface area contributed by atoms with Gasteiger partial charge in [0.2, 0.25) is 5.91 Å². The zero-order valence-electron chi connectivity index (χ0n) is 10.4. The smallest absolute Gasteiger partial charge is 0.354 e. The Bertz CT molecular complexity index is 562. The molecule has 2 heterocycles. The standard InChI is InChI=1S/C13H12F3N3O/c14-13(15,16)11-4-3-10(9-17-11)18-12(20)5-8-19-6-1-2-7-19/h1-4,6-7,9H,5,8H2,(H,18,20). The Morgan fingerprint density at radius 3 is 2.50 bits per heavy atom. The van der Waals surface area contributed by atoms with Crippen LogP contribution in [0.25, 0.3) is 0 Å². The van der Waals surface area contributed by atoms with E-state index in [0.29, 0.717) is 6.54 Å². The second-order valence-electron chi connectivity index (χ2n) is 4.15. The minimum atomic E-state index is -4.48. The molecule has 7 heteroatoms. The molecule has 20 heavy (non-hydrogen) atoms. The number of aryl methyl sites for hydroxylation is 1. The van der Waals surface area contributed by atoms with Gasteiger partial charge in [0.25, 0.3) is 0 Å². The van der Waals surface area contributed by atoms with Crippen LogP contribution in [0.1, 0.15) is 12.1 Å². The van der Waals surface area contributed by atoms with Gasteiger partial charge < -0.3 is 9.88 Å². The summed E-state index contributed by atoms with van der Waals surface area (Å²) in [4.78, 5) is 14.9. The fourth-order valence-electron chi connectivity index (χ4n) is 1.61. The van der Waals surface area contributed by atoms with Gasteiger partial charge in [-0.3, -0.25) is 4.79 Å². The third-order valence-electron chi connectivity index (χ3n) is 2.60. The molecule has 0 fully saturated rings. The maximum atomic E-state index is 12.3. The molecule has 0 atom stereocenters. The molecule has 1 N–H and O–H groups in total. The summed E-state index contributed by atoms with van der Waals surface area (Å²) in [7, 11) is 0. The Morgan fingerprint density at radius 1 is 1.25 bits per heavy atom. The van der Waals surface area contributed by atoms with E-state index in [1.165, 1.54) is 6.07 Å². The van der Waals surface area contributed by atoms with Crippen molar-refractivity contribution in [3.8, 4) is 0 Å². The highest BCUT2D eigenvalue weighted by molar-refractivity contribution is 5.90. The maximum Gasteiger partial charge on any atom is 0.433 e. The van der Waals surface area contributed by atoms with Crippen molar-refractivity contribution in [2.75, 3.05) is 5.32 Å². The molecular weight excluding hydrogens is 271 g/mol. The summed E-state index contributed by atoms with van der Waals surface area (Å²) in [5.41, 5.74) is -0.738. The van der Waals surface area contributed by atoms with Crippen molar-refractivity contribution in [2.45, 2.75) is 19.1 Å². The van der Waals surface area contributed by atoms with Gasteiger partial charge >= 0.3 is 6.18 Å². The normalized spacial score (nSPS) is 11.3. The summed E-state index contributed by atoms with van der Waals surface area (Å²) in [6.07, 6.45) is 0.406. The number of aromatic nitrogens is 2. The molecule has 0 aromatic carbocycles. The van der Waals surface area contributed by atoms with Gasteiger partial charge in [0, 0.05) is 25.4 Å². The van der Waals surface area contributed by atoms with Crippen LogP contribution < -0.4 is 5.32 Å². The predicted molar refractivity (Wildman–Crippen MR) is 66.9 cm³/mol. The zero-order valence-corrected chi connectivity index (χ0v) is 10.4. The lowest BCUT2D eigenvalue weighted by Gasteiger charge is -2.08. The monoisotopic (exact) mass is 283 g/mol. The van der Waals surface area contributed by atoms with Crippen LogP contribution in [0, 0.1) is 0 Å². The van der Waals surface area contributed by atoms with E-state index < -0.39 is 11.9 Å². The number of nitrogens with zero attached hydrogens (tertiary/aromatic N) is 2. The minimum Gasteiger partial charge on any atom is -0.354 e. The molecule has 2 aromatic heterocycles. The molecule has 0 aliphatic rings. The van der Waals surface area contributed by atoms with Crippen molar-refractivity contribution in [3.63, 3.8) is 0 Å². The van der Waals surface area contributed by atoms with Crippen LogP contribution in [-0.4, -0.2) is 15.5 Å². The third-order valence-corrected chi connectivity index (χ3v) is 2.60. The molecule has 106 valence electrons. The lowest BCUT2D eigenvalue weighted by molar-refractivity contribution is -0.141. The average molecular weight is 283 g/mol. The Kier molecular flexibility index (Phi) is 4.07. The molecule has 0 saturated carbocycles. The van der Waals surface area contributed by atoms with Gasteiger partial charge in [0.15, 0.2) is 0 Å². The molecule has 2 rings (SSSR count). The Balaban J connectivity index is 1.88. The summed E-state index contributed by atoms with van der Waals surface area (Å²) < 4.78 is 38.8. The lowest BCUT2D eigenvalue weighted by Crippen LogP contribution is -2.15. The summed E-state index contributed by atoms with van der Waals surface area (Å²) >= 11 is 0. The molecule has 0 aliphatic heterocycles. The quantitative estimate of drug-likeness (QED) is 0.937. The van der Waals surface area contributed by atoms with Crippen LogP contribution in [0.2, 0.25) is 0 Å². The van der Waals surface area contributed by atoms with Gasteiger partial charge in [-0.25, -0.2) is 4.98 Å². The largest absolute Gasteiger partial charge is 0.433 e. The van der Waals surface area contributed by atoms with Gasteiger partial charge in [0.05, 0.1) is 11.9 Å². The molecule has 2 aromatic rings. The molecule has 0 spiro atoms. The predicted octanol–water partition coefficient (Wildman–Crippen LogP) is 2.93. The van der Waals surface area contributed by atoms with E-state index in [0.717, 1.165) is 12.3 Å². The van der Waals surface area contributed by atoms with Crippen molar-refractivity contribution in [1.82, 2.24) is 9.55 Å². The van der Waals surface area contributed by atoms with Crippen LogP contribution in [0.3, 0.4) is 0 Å². The fraction of sp³-hybridized carbons (Fsp3) is 0.231. The van der Waals surface area contributed by atoms with E-state index >= 15 is 0 Å². The summed E-state index contributed by atoms with van der Waals surface area (Å²) in [6.45, 7) is 0.507. The molecule has 0 unspecified atom stereocenters. The number of halogens is 3. The number of hydrogen-bond acceptors (Lipinski definition) is 2. The van der Waals surface area contributed by atoms with Crippen molar-refractivity contribution < 1.29 is 18.0 Å². The molecular formula is C13H12F3N3O. The topological polar surface area (TPSA) is 46.9 Å². The number of carbonyl (C=O) groups excluding carboxylic acids is 1. The molecule has 0 saturated heterocycles. The first-order chi connectivity index (χ1) is 9.45. The number of alkyl halides is 3. The average Bonchev–Trinajstić information content (AvgIpc) is 2.89. The highest BCUT2D eigenvalue weighted by atomic mass is 19.4. The van der Waals surface area contributed by atoms with Crippen LogP contribution in [0.4, 0.5) is 18.9 Å². The first kappa shape index (κ1) is 14.1. The highest BCUT2D eigenvalue weighted by Gasteiger charge is 2.32. The van der Waals surface area contributed by atoms with E-state index in [2.05, 4.69) is 10.3 Å². The lowest BCUT2D eigenvalue weighted by atomic mass is 10.3. The second kappa shape index (κ2) is 5.77. The van der Waals surface area contributed by atoms with Gasteiger partial charge in [-0.05, 0) is 24.3 Å². The number of rotatable bonds is 4. The third kappa shape index (κ3) is 3.84. The fourth-order valence-corrected chi connectivity index (χ4v) is 1.61. The van der Waals surface area contributed by atoms with Crippen LogP contribution in [0.15, 0.2) is 42.9 Å². The van der Waals surface area contributed by atoms with Crippen molar-refractivity contribution in [1.29, 1.82) is 0 Å². The Labute approximate surface area is 113 Å². The first-order valence-corrected chi connectivity index (χ1v) is 5.89. The van der Waals surface area contributed by atoms with Gasteiger partial charge in [-0.15, -0.1) is 0 Å². The van der Waals surface area contributed by atoms with Gasteiger partial charge in [-0.1, -0.05) is 0 Å². The van der Waals surface area contributed by atoms with Crippen molar-refractivity contribution in [3.05, 3.63) is 48.5 Å². The molecule has 0 radical (unpaired) electrons. The summed E-state index contributed by atoms with van der Waals surface area (Å²) in [5, 5.41) is 2.50. The minimum absolute atomic E-state index is 0.232. The molecule has 0 aliphatic carbocycles. The number of pyridine rings is 1. The zero-order chi connectivity index (χ0) is 14.6. The van der Waals surface area contributed by atoms with E-state index in [9.17, 15) is 18.0 Å². The maximum absolute atomic E-state index is 12.3. The molecule has 4 nitrogen and oxygen atoms in total. The van der Waals surface area contributed by atoms with Gasteiger partial charge in [0.1, 0.15) is 5.69 Å². The summed E-state index contributed by atoms with van der Waals surface area (Å²) in [5.74, 6) is -0.278. The van der Waals surface area contributed by atoms with Crippen molar-refractivity contribution >= 4 is 11.6 Å². The molecule has 1 amide bonds. The highest BCUT2D eigenvalue weighted by Crippen LogP contribution is 2.27.